The second-order valence-electron chi connectivity index (χ2n) is 16.1. The molecule has 62 heavy (non-hydrogen) atoms. The molecular weight excluding hydrogens is 751 g/mol. The summed E-state index contributed by atoms with van der Waals surface area (Å²) in [7, 11) is 0. The fourth-order valence-corrected chi connectivity index (χ4v) is 9.26. The number of fused-ring (bicyclic) bond motifs is 6. The van der Waals surface area contributed by atoms with E-state index in [-0.39, 0.29) is 0 Å². The molecule has 2 heteroatoms. The molecule has 2 nitrogen and oxygen atoms in total. The molecule has 290 valence electrons. The van der Waals surface area contributed by atoms with Gasteiger partial charge in [0.2, 0.25) is 0 Å². The maximum Gasteiger partial charge on any atom is 0.143 e. The molecule has 0 atom stereocenters. The number of hydrogen-bond acceptors (Lipinski definition) is 2. The van der Waals surface area contributed by atoms with E-state index in [2.05, 4.69) is 241 Å². The predicted molar refractivity (Wildman–Crippen MR) is 263 cm³/mol. The Morgan fingerprint density at radius 1 is 0.274 bits per heavy atom. The molecule has 0 saturated carbocycles. The van der Waals surface area contributed by atoms with E-state index in [1.54, 1.807) is 0 Å². The van der Waals surface area contributed by atoms with Crippen LogP contribution < -0.4 is 4.90 Å². The predicted octanol–water partition coefficient (Wildman–Crippen LogP) is 17.2. The van der Waals surface area contributed by atoms with Crippen LogP contribution >= 0.6 is 0 Å². The highest BCUT2D eigenvalue weighted by Gasteiger charge is 2.21. The van der Waals surface area contributed by atoms with Crippen molar-refractivity contribution in [2.24, 2.45) is 0 Å². The average Bonchev–Trinajstić information content (AvgIpc) is 3.71. The van der Waals surface area contributed by atoms with Gasteiger partial charge < -0.3 is 9.32 Å². The van der Waals surface area contributed by atoms with Gasteiger partial charge >= 0.3 is 0 Å². The third kappa shape index (κ3) is 6.29. The summed E-state index contributed by atoms with van der Waals surface area (Å²) >= 11 is 0. The van der Waals surface area contributed by atoms with Crippen molar-refractivity contribution in [1.82, 2.24) is 0 Å². The standard InChI is InChI=1S/C60H39NO/c1-3-14-43-35-50(28-26-40(43)12-1)46-19-9-18-45(34-46)42-30-32-52(33-31-42)61(53-21-10-20-47(37-53)51-29-27-41-13-2-4-15-44(41)36-51)58-25-8-7-22-54(58)55-23-11-24-56-57-38-48-16-5-6-17-49(48)39-59(57)62-60(55)56/h1-39H. The first-order valence-corrected chi connectivity index (χ1v) is 21.2. The van der Waals surface area contributed by atoms with Crippen LogP contribution in [0.25, 0.3) is 98.8 Å². The minimum absolute atomic E-state index is 0.886. The van der Waals surface area contributed by atoms with E-state index in [9.17, 15) is 0 Å². The molecule has 0 bridgehead atoms. The van der Waals surface area contributed by atoms with Crippen molar-refractivity contribution in [1.29, 1.82) is 0 Å². The number of hydrogen-bond donors (Lipinski definition) is 0. The lowest BCUT2D eigenvalue weighted by molar-refractivity contribution is 0.670. The number of furan rings is 1. The number of benzene rings is 11. The Morgan fingerprint density at radius 2 is 0.774 bits per heavy atom. The molecular formula is C60H39NO. The maximum atomic E-state index is 6.81. The SMILES string of the molecule is c1cc(-c2ccc(N(c3cccc(-c4ccc5ccccc5c4)c3)c3ccccc3-c3cccc4c3oc3cc5ccccc5cc34)cc2)cc(-c2ccc3ccccc3c2)c1. The summed E-state index contributed by atoms with van der Waals surface area (Å²) in [4.78, 5) is 2.39. The van der Waals surface area contributed by atoms with Crippen LogP contribution in [0.3, 0.4) is 0 Å². The van der Waals surface area contributed by atoms with Crippen LogP contribution in [-0.2, 0) is 0 Å². The van der Waals surface area contributed by atoms with Crippen LogP contribution in [0.5, 0.6) is 0 Å². The summed E-state index contributed by atoms with van der Waals surface area (Å²) in [5.41, 5.74) is 14.2. The first kappa shape index (κ1) is 35.7. The molecule has 0 amide bonds. The van der Waals surface area contributed by atoms with Crippen LogP contribution in [0.2, 0.25) is 0 Å². The maximum absolute atomic E-state index is 6.81. The Labute approximate surface area is 360 Å². The van der Waals surface area contributed by atoms with Crippen molar-refractivity contribution >= 4 is 71.3 Å². The Hall–Kier alpha value is -8.20. The van der Waals surface area contributed by atoms with Crippen molar-refractivity contribution in [3.8, 4) is 44.5 Å². The smallest absolute Gasteiger partial charge is 0.143 e. The third-order valence-electron chi connectivity index (χ3n) is 12.4. The Balaban J connectivity index is 0.997. The van der Waals surface area contributed by atoms with Gasteiger partial charge in [0.05, 0.1) is 5.69 Å². The minimum Gasteiger partial charge on any atom is -0.455 e. The van der Waals surface area contributed by atoms with Crippen molar-refractivity contribution < 1.29 is 4.42 Å². The zero-order valence-corrected chi connectivity index (χ0v) is 33.9. The number of para-hydroxylation sites is 2. The van der Waals surface area contributed by atoms with Gasteiger partial charge in [0, 0.05) is 33.3 Å². The molecule has 1 heterocycles. The van der Waals surface area contributed by atoms with Crippen LogP contribution in [0, 0.1) is 0 Å². The molecule has 12 aromatic rings. The van der Waals surface area contributed by atoms with Crippen LogP contribution in [0.4, 0.5) is 17.1 Å². The number of rotatable bonds is 7. The summed E-state index contributed by atoms with van der Waals surface area (Å²) in [5.74, 6) is 0. The molecule has 0 saturated heterocycles. The zero-order chi connectivity index (χ0) is 41.0. The Kier molecular flexibility index (Phi) is 8.53. The van der Waals surface area contributed by atoms with Crippen molar-refractivity contribution in [2.45, 2.75) is 0 Å². The second-order valence-corrected chi connectivity index (χ2v) is 16.1. The van der Waals surface area contributed by atoms with Gasteiger partial charge in [-0.05, 0) is 126 Å². The summed E-state index contributed by atoms with van der Waals surface area (Å²) in [6.07, 6.45) is 0. The lowest BCUT2D eigenvalue weighted by atomic mass is 9.96. The Morgan fingerprint density at radius 3 is 1.47 bits per heavy atom. The lowest BCUT2D eigenvalue weighted by Gasteiger charge is -2.28. The van der Waals surface area contributed by atoms with Gasteiger partial charge in [0.1, 0.15) is 11.2 Å². The molecule has 0 aliphatic carbocycles. The average molecular weight is 790 g/mol. The van der Waals surface area contributed by atoms with E-state index >= 15 is 0 Å². The summed E-state index contributed by atoms with van der Waals surface area (Å²) < 4.78 is 6.81. The molecule has 0 N–H and O–H groups in total. The topological polar surface area (TPSA) is 16.4 Å². The molecule has 0 aliphatic rings. The summed E-state index contributed by atoms with van der Waals surface area (Å²) in [6, 6.07) is 85.5. The highest BCUT2D eigenvalue weighted by molar-refractivity contribution is 6.14. The van der Waals surface area contributed by atoms with Crippen molar-refractivity contribution in [3.63, 3.8) is 0 Å². The number of anilines is 3. The minimum atomic E-state index is 0.886. The van der Waals surface area contributed by atoms with Crippen LogP contribution in [0.15, 0.2) is 241 Å². The Bertz CT molecular complexity index is 3650. The van der Waals surface area contributed by atoms with Crippen molar-refractivity contribution in [3.05, 3.63) is 237 Å². The summed E-state index contributed by atoms with van der Waals surface area (Å²) in [6.45, 7) is 0. The molecule has 0 fully saturated rings. The highest BCUT2D eigenvalue weighted by Crippen LogP contribution is 2.46. The van der Waals surface area contributed by atoms with Gasteiger partial charge in [0.15, 0.2) is 0 Å². The van der Waals surface area contributed by atoms with E-state index in [4.69, 9.17) is 4.42 Å². The van der Waals surface area contributed by atoms with E-state index < -0.39 is 0 Å². The van der Waals surface area contributed by atoms with E-state index in [0.29, 0.717) is 0 Å². The molecule has 1 aromatic heterocycles. The number of nitrogens with zero attached hydrogens (tertiary/aromatic N) is 1. The molecule has 12 rings (SSSR count). The quantitative estimate of drug-likeness (QED) is 0.160. The first-order chi connectivity index (χ1) is 30.7. The van der Waals surface area contributed by atoms with Crippen LogP contribution in [-0.4, -0.2) is 0 Å². The lowest BCUT2D eigenvalue weighted by Crippen LogP contribution is -2.11. The van der Waals surface area contributed by atoms with Gasteiger partial charge in [-0.15, -0.1) is 0 Å². The molecule has 11 aromatic carbocycles. The normalized spacial score (nSPS) is 11.5. The fourth-order valence-electron chi connectivity index (χ4n) is 9.26. The first-order valence-electron chi connectivity index (χ1n) is 21.2. The molecule has 0 radical (unpaired) electrons. The second kappa shape index (κ2) is 14.8. The zero-order valence-electron chi connectivity index (χ0n) is 33.9. The molecule has 0 spiro atoms. The van der Waals surface area contributed by atoms with E-state index in [0.717, 1.165) is 61.3 Å². The van der Waals surface area contributed by atoms with E-state index in [1.165, 1.54) is 54.6 Å². The van der Waals surface area contributed by atoms with Gasteiger partial charge in [-0.1, -0.05) is 176 Å². The van der Waals surface area contributed by atoms with Crippen LogP contribution in [0.1, 0.15) is 0 Å². The molecule has 0 unspecified atom stereocenters. The van der Waals surface area contributed by atoms with Gasteiger partial charge in [-0.2, -0.15) is 0 Å². The third-order valence-corrected chi connectivity index (χ3v) is 12.4. The van der Waals surface area contributed by atoms with Gasteiger partial charge in [-0.25, -0.2) is 0 Å². The fraction of sp³-hybridized carbons (Fsp3) is 0. The van der Waals surface area contributed by atoms with Gasteiger partial charge in [0.25, 0.3) is 0 Å². The monoisotopic (exact) mass is 789 g/mol. The van der Waals surface area contributed by atoms with E-state index in [1.807, 2.05) is 0 Å². The largest absolute Gasteiger partial charge is 0.455 e. The highest BCUT2D eigenvalue weighted by atomic mass is 16.3. The summed E-state index contributed by atoms with van der Waals surface area (Å²) in [5, 5.41) is 9.56. The van der Waals surface area contributed by atoms with Crippen molar-refractivity contribution in [2.75, 3.05) is 4.90 Å². The van der Waals surface area contributed by atoms with Gasteiger partial charge in [-0.3, -0.25) is 0 Å². The molecule has 0 aliphatic heterocycles.